The largest absolute Gasteiger partial charge is 0.461 e. The lowest BCUT2D eigenvalue weighted by Gasteiger charge is -2.10. The van der Waals surface area contributed by atoms with Crippen LogP contribution in [0.1, 0.15) is 45.9 Å². The van der Waals surface area contributed by atoms with E-state index in [1.807, 2.05) is 19.9 Å². The molecular weight excluding hydrogens is 310 g/mol. The Hall–Kier alpha value is -3.03. The van der Waals surface area contributed by atoms with Gasteiger partial charge in [-0.05, 0) is 39.0 Å². The van der Waals surface area contributed by atoms with Gasteiger partial charge in [0.05, 0.1) is 6.26 Å². The lowest BCUT2D eigenvalue weighted by Crippen LogP contribution is -2.34. The molecule has 1 N–H and O–H groups in total. The Balaban J connectivity index is 1.70. The van der Waals surface area contributed by atoms with Crippen molar-refractivity contribution in [3.63, 3.8) is 0 Å². The number of furan rings is 1. The van der Waals surface area contributed by atoms with E-state index in [1.54, 1.807) is 19.1 Å². The average molecular weight is 327 g/mol. The van der Waals surface area contributed by atoms with Crippen molar-refractivity contribution < 1.29 is 14.0 Å². The fraction of sp³-hybridized carbons (Fsp3) is 0.312. The van der Waals surface area contributed by atoms with Gasteiger partial charge in [-0.2, -0.15) is 4.98 Å². The minimum Gasteiger partial charge on any atom is -0.461 e. The molecule has 0 unspecified atom stereocenters. The van der Waals surface area contributed by atoms with Gasteiger partial charge in [0.15, 0.2) is 11.5 Å². The summed E-state index contributed by atoms with van der Waals surface area (Å²) < 4.78 is 6.57. The Labute approximate surface area is 137 Å². The van der Waals surface area contributed by atoms with Gasteiger partial charge in [0.1, 0.15) is 0 Å². The van der Waals surface area contributed by atoms with Crippen molar-refractivity contribution >= 4 is 17.5 Å². The summed E-state index contributed by atoms with van der Waals surface area (Å²) in [7, 11) is 0. The van der Waals surface area contributed by atoms with Crippen molar-refractivity contribution in [2.75, 3.05) is 0 Å². The van der Waals surface area contributed by atoms with Crippen molar-refractivity contribution in [2.24, 2.45) is 0 Å². The number of nitrogens with zero attached hydrogens (tertiary/aromatic N) is 4. The maximum atomic E-state index is 12.3. The summed E-state index contributed by atoms with van der Waals surface area (Å²) in [5.41, 5.74) is 1.64. The number of carbonyl (C=O) groups excluding carboxylic acids is 2. The lowest BCUT2D eigenvalue weighted by atomic mass is 10.1. The number of carbonyl (C=O) groups is 2. The molecule has 0 aliphatic heterocycles. The van der Waals surface area contributed by atoms with E-state index in [1.165, 1.54) is 10.8 Å². The molecule has 1 atom stereocenters. The first-order valence-corrected chi connectivity index (χ1v) is 7.52. The van der Waals surface area contributed by atoms with Crippen LogP contribution in [-0.2, 0) is 0 Å². The van der Waals surface area contributed by atoms with E-state index in [0.717, 1.165) is 11.4 Å². The zero-order chi connectivity index (χ0) is 17.3. The smallest absolute Gasteiger partial charge is 0.291 e. The van der Waals surface area contributed by atoms with Gasteiger partial charge in [-0.15, -0.1) is 5.10 Å². The molecule has 0 saturated carbocycles. The Morgan fingerprint density at radius 1 is 1.33 bits per heavy atom. The van der Waals surface area contributed by atoms with Gasteiger partial charge in [-0.1, -0.05) is 0 Å². The molecule has 0 aromatic carbocycles. The third-order valence-electron chi connectivity index (χ3n) is 3.49. The summed E-state index contributed by atoms with van der Waals surface area (Å²) in [6.45, 7) is 5.45. The summed E-state index contributed by atoms with van der Waals surface area (Å²) in [4.78, 5) is 32.6. The van der Waals surface area contributed by atoms with Crippen LogP contribution in [0.25, 0.3) is 5.78 Å². The van der Waals surface area contributed by atoms with Crippen LogP contribution in [-0.4, -0.2) is 37.3 Å². The van der Waals surface area contributed by atoms with Crippen molar-refractivity contribution in [3.8, 4) is 0 Å². The number of aromatic nitrogens is 4. The van der Waals surface area contributed by atoms with Gasteiger partial charge < -0.3 is 9.73 Å². The molecule has 0 radical (unpaired) electrons. The molecule has 0 spiro atoms. The van der Waals surface area contributed by atoms with Crippen molar-refractivity contribution in [2.45, 2.75) is 33.2 Å². The van der Waals surface area contributed by atoms with Crippen LogP contribution < -0.4 is 5.32 Å². The second kappa shape index (κ2) is 6.23. The number of hydrogen-bond donors (Lipinski definition) is 1. The summed E-state index contributed by atoms with van der Waals surface area (Å²) in [6.07, 6.45) is 1.57. The highest BCUT2D eigenvalue weighted by Gasteiger charge is 2.19. The highest BCUT2D eigenvalue weighted by atomic mass is 16.3. The van der Waals surface area contributed by atoms with Gasteiger partial charge in [-0.3, -0.25) is 9.59 Å². The average Bonchev–Trinajstić information content (AvgIpc) is 3.16. The Morgan fingerprint density at radius 3 is 2.83 bits per heavy atom. The molecule has 8 nitrogen and oxygen atoms in total. The van der Waals surface area contributed by atoms with E-state index >= 15 is 0 Å². The van der Waals surface area contributed by atoms with Gasteiger partial charge in [-0.25, -0.2) is 9.50 Å². The molecule has 3 aromatic heterocycles. The fourth-order valence-electron chi connectivity index (χ4n) is 2.42. The number of ketones is 1. The number of fused-ring (bicyclic) bond motifs is 1. The van der Waals surface area contributed by atoms with E-state index in [2.05, 4.69) is 20.4 Å². The molecule has 0 aliphatic carbocycles. The summed E-state index contributed by atoms with van der Waals surface area (Å²) in [6, 6.07) is 4.72. The molecule has 0 aliphatic rings. The van der Waals surface area contributed by atoms with Gasteiger partial charge in [0, 0.05) is 23.9 Å². The first-order valence-electron chi connectivity index (χ1n) is 7.52. The van der Waals surface area contributed by atoms with Crippen LogP contribution in [0, 0.1) is 13.8 Å². The molecule has 0 saturated heterocycles. The molecule has 8 heteroatoms. The van der Waals surface area contributed by atoms with Crippen molar-refractivity contribution in [1.29, 1.82) is 0 Å². The van der Waals surface area contributed by atoms with Crippen LogP contribution in [0.2, 0.25) is 0 Å². The zero-order valence-electron chi connectivity index (χ0n) is 13.6. The number of nitrogens with one attached hydrogen (secondary N) is 1. The number of amides is 1. The number of Topliss-reactive ketones (excluding diaryl/α,β-unsaturated/α-hetero) is 1. The van der Waals surface area contributed by atoms with Gasteiger partial charge in [0.25, 0.3) is 11.7 Å². The Morgan fingerprint density at radius 2 is 2.12 bits per heavy atom. The first kappa shape index (κ1) is 15.9. The third kappa shape index (κ3) is 3.17. The molecule has 3 aromatic rings. The molecular formula is C16H17N5O3. The van der Waals surface area contributed by atoms with E-state index in [-0.39, 0.29) is 29.8 Å². The number of aryl methyl sites for hydroxylation is 2. The lowest BCUT2D eigenvalue weighted by molar-refractivity contribution is 0.0901. The maximum Gasteiger partial charge on any atom is 0.291 e. The first-order chi connectivity index (χ1) is 11.4. The van der Waals surface area contributed by atoms with Crippen molar-refractivity contribution in [1.82, 2.24) is 24.9 Å². The fourth-order valence-corrected chi connectivity index (χ4v) is 2.42. The number of rotatable bonds is 5. The molecule has 24 heavy (non-hydrogen) atoms. The van der Waals surface area contributed by atoms with E-state index < -0.39 is 5.91 Å². The third-order valence-corrected chi connectivity index (χ3v) is 3.49. The molecule has 0 bridgehead atoms. The summed E-state index contributed by atoms with van der Waals surface area (Å²) in [5, 5.41) is 6.88. The predicted octanol–water partition coefficient (Wildman–Crippen LogP) is 1.73. The van der Waals surface area contributed by atoms with Crippen LogP contribution in [0.5, 0.6) is 0 Å². The number of hydrogen-bond acceptors (Lipinski definition) is 6. The standard InChI is InChI=1S/C16H17N5O3/c1-9-7-11(3)21-16(18-9)19-14(20-21)15(23)17-10(2)8-12(22)13-5-4-6-24-13/h4-7,10H,8H2,1-3H3,(H,17,23)/t10-/m0/s1. The predicted molar refractivity (Wildman–Crippen MR) is 84.8 cm³/mol. The molecule has 1 amide bonds. The van der Waals surface area contributed by atoms with Gasteiger partial charge in [0.2, 0.25) is 5.82 Å². The Bertz CT molecular complexity index is 898. The van der Waals surface area contributed by atoms with Gasteiger partial charge >= 0.3 is 0 Å². The minimum absolute atomic E-state index is 0.0218. The zero-order valence-corrected chi connectivity index (χ0v) is 13.6. The summed E-state index contributed by atoms with van der Waals surface area (Å²) >= 11 is 0. The normalized spacial score (nSPS) is 12.3. The van der Waals surface area contributed by atoms with E-state index in [9.17, 15) is 9.59 Å². The highest BCUT2D eigenvalue weighted by Crippen LogP contribution is 2.08. The second-order valence-electron chi connectivity index (χ2n) is 5.67. The van der Waals surface area contributed by atoms with E-state index in [4.69, 9.17) is 4.42 Å². The minimum atomic E-state index is -0.447. The highest BCUT2D eigenvalue weighted by molar-refractivity contribution is 5.95. The molecule has 0 fully saturated rings. The SMILES string of the molecule is Cc1cc(C)n2nc(C(=O)N[C@@H](C)CC(=O)c3ccco3)nc2n1. The second-order valence-corrected chi connectivity index (χ2v) is 5.67. The van der Waals surface area contributed by atoms with E-state index in [0.29, 0.717) is 5.78 Å². The van der Waals surface area contributed by atoms with Crippen LogP contribution in [0.4, 0.5) is 0 Å². The van der Waals surface area contributed by atoms with Crippen LogP contribution in [0.15, 0.2) is 28.9 Å². The monoisotopic (exact) mass is 327 g/mol. The van der Waals surface area contributed by atoms with Crippen LogP contribution in [0.3, 0.4) is 0 Å². The summed E-state index contributed by atoms with van der Waals surface area (Å²) in [5.74, 6) is 0.0453. The topological polar surface area (TPSA) is 102 Å². The quantitative estimate of drug-likeness (QED) is 0.716. The molecule has 3 rings (SSSR count). The van der Waals surface area contributed by atoms with Crippen molar-refractivity contribution in [3.05, 3.63) is 47.4 Å². The Kier molecular flexibility index (Phi) is 4.11. The molecule has 124 valence electrons. The van der Waals surface area contributed by atoms with Crippen LogP contribution >= 0.6 is 0 Å². The maximum absolute atomic E-state index is 12.3. The molecule has 3 heterocycles.